The normalized spacial score (nSPS) is 12.4. The van der Waals surface area contributed by atoms with E-state index in [2.05, 4.69) is 264 Å². The van der Waals surface area contributed by atoms with E-state index in [0.29, 0.717) is 0 Å². The van der Waals surface area contributed by atoms with Crippen LogP contribution in [0.3, 0.4) is 0 Å². The molecule has 11 aromatic carbocycles. The largest absolute Gasteiger partial charge is 0.310 e. The molecule has 0 atom stereocenters. The molecule has 2 aliphatic carbocycles. The van der Waals surface area contributed by atoms with Crippen LogP contribution in [-0.2, 0) is 0 Å². The zero-order valence-corrected chi connectivity index (χ0v) is 37.1. The van der Waals surface area contributed by atoms with Gasteiger partial charge in [0.25, 0.3) is 0 Å². The Bertz CT molecular complexity index is 3960. The number of nitrogens with zero attached hydrogens (tertiary/aromatic N) is 2. The lowest BCUT2D eigenvalue weighted by Crippen LogP contribution is -2.10. The zero-order chi connectivity index (χ0) is 44.7. The van der Waals surface area contributed by atoms with Crippen LogP contribution in [-0.4, -0.2) is 4.57 Å². The van der Waals surface area contributed by atoms with Crippen molar-refractivity contribution in [1.29, 1.82) is 0 Å². The first-order valence-electron chi connectivity index (χ1n) is 23.5. The molecule has 12 aromatic rings. The van der Waals surface area contributed by atoms with Crippen molar-refractivity contribution in [1.82, 2.24) is 4.57 Å². The summed E-state index contributed by atoms with van der Waals surface area (Å²) >= 11 is 0. The molecule has 68 heavy (non-hydrogen) atoms. The van der Waals surface area contributed by atoms with E-state index in [0.717, 1.165) is 22.7 Å². The number of rotatable bonds is 6. The molecule has 0 spiro atoms. The van der Waals surface area contributed by atoms with E-state index in [-0.39, 0.29) is 0 Å². The minimum atomic E-state index is 1.10. The third kappa shape index (κ3) is 5.98. The van der Waals surface area contributed by atoms with Crippen LogP contribution in [0.25, 0.3) is 93.9 Å². The monoisotopic (exact) mass is 862 g/mol. The molecule has 14 rings (SSSR count). The summed E-state index contributed by atoms with van der Waals surface area (Å²) in [6, 6.07) is 93.7. The lowest BCUT2D eigenvalue weighted by Gasteiger charge is -2.27. The van der Waals surface area contributed by atoms with Gasteiger partial charge in [-0.1, -0.05) is 188 Å². The molecule has 2 heteroatoms. The maximum Gasteiger partial charge on any atom is 0.0541 e. The summed E-state index contributed by atoms with van der Waals surface area (Å²) in [5, 5.41) is 4.92. The molecular formula is C66H42N2. The van der Waals surface area contributed by atoms with Gasteiger partial charge in [0.1, 0.15) is 0 Å². The first kappa shape index (κ1) is 38.3. The predicted molar refractivity (Wildman–Crippen MR) is 286 cm³/mol. The molecule has 1 aromatic heterocycles. The predicted octanol–water partition coefficient (Wildman–Crippen LogP) is 17.7. The second-order valence-electron chi connectivity index (χ2n) is 18.0. The van der Waals surface area contributed by atoms with Crippen LogP contribution >= 0.6 is 0 Å². The highest BCUT2D eigenvalue weighted by Crippen LogP contribution is 2.55. The molecule has 0 radical (unpaired) electrons. The number of para-hydroxylation sites is 1. The Labute approximate surface area is 395 Å². The number of fused-ring (bicyclic) bond motifs is 10. The quantitative estimate of drug-likeness (QED) is 0.162. The molecular weight excluding hydrogens is 821 g/mol. The van der Waals surface area contributed by atoms with Crippen molar-refractivity contribution >= 4 is 60.8 Å². The molecule has 1 heterocycles. The van der Waals surface area contributed by atoms with Gasteiger partial charge in [0, 0.05) is 33.5 Å². The lowest BCUT2D eigenvalue weighted by molar-refractivity contribution is 1.18. The van der Waals surface area contributed by atoms with Crippen molar-refractivity contribution in [3.8, 4) is 50.2 Å². The number of benzene rings is 11. The average molecular weight is 863 g/mol. The van der Waals surface area contributed by atoms with Crippen molar-refractivity contribution in [2.24, 2.45) is 0 Å². The van der Waals surface area contributed by atoms with Gasteiger partial charge in [-0.15, -0.1) is 0 Å². The standard InChI is InChI=1S/C66H42N2/c1-2-14-43(15-3-1)45-26-34-50(35-27-45)68-63-25-13-12-21-57(63)61-41-48(31-39-64(61)68)46-28-32-49(33-29-46)67(51-36-30-44-16-4-5-17-47(44)40-51)52-37-38-56-55-20-8-11-24-60(55)66(62(56)42-52)65-58-22-9-6-18-53(58)54-19-7-10-23-59(54)65/h1-42H. The number of hydrogen-bond donors (Lipinski definition) is 0. The molecule has 0 unspecified atom stereocenters. The average Bonchev–Trinajstić information content (AvgIpc) is 4.04. The maximum absolute atomic E-state index is 2.43. The van der Waals surface area contributed by atoms with E-state index < -0.39 is 0 Å². The Morgan fingerprint density at radius 2 is 0.721 bits per heavy atom. The van der Waals surface area contributed by atoms with E-state index in [1.165, 1.54) is 110 Å². The van der Waals surface area contributed by atoms with Crippen LogP contribution in [0.5, 0.6) is 0 Å². The first-order chi connectivity index (χ1) is 33.7. The molecule has 0 fully saturated rings. The fourth-order valence-electron chi connectivity index (χ4n) is 11.2. The van der Waals surface area contributed by atoms with Crippen molar-refractivity contribution < 1.29 is 0 Å². The molecule has 0 saturated heterocycles. The van der Waals surface area contributed by atoms with E-state index in [4.69, 9.17) is 0 Å². The molecule has 2 nitrogen and oxygen atoms in total. The third-order valence-electron chi connectivity index (χ3n) is 14.3. The van der Waals surface area contributed by atoms with Crippen LogP contribution in [0.4, 0.5) is 17.1 Å². The maximum atomic E-state index is 2.43. The van der Waals surface area contributed by atoms with Crippen LogP contribution in [0.2, 0.25) is 0 Å². The lowest BCUT2D eigenvalue weighted by atomic mass is 9.91. The van der Waals surface area contributed by atoms with Crippen molar-refractivity contribution in [2.45, 2.75) is 0 Å². The fourth-order valence-corrected chi connectivity index (χ4v) is 11.2. The Morgan fingerprint density at radius 1 is 0.250 bits per heavy atom. The smallest absolute Gasteiger partial charge is 0.0541 e. The minimum Gasteiger partial charge on any atom is -0.310 e. The van der Waals surface area contributed by atoms with E-state index >= 15 is 0 Å². The Morgan fingerprint density at radius 3 is 1.43 bits per heavy atom. The van der Waals surface area contributed by atoms with Crippen molar-refractivity contribution in [2.75, 3.05) is 4.90 Å². The van der Waals surface area contributed by atoms with Gasteiger partial charge in [0.05, 0.1) is 11.0 Å². The van der Waals surface area contributed by atoms with Gasteiger partial charge in [-0.25, -0.2) is 0 Å². The molecule has 2 aliphatic rings. The van der Waals surface area contributed by atoms with Gasteiger partial charge in [-0.05, 0) is 155 Å². The topological polar surface area (TPSA) is 8.17 Å². The van der Waals surface area contributed by atoms with E-state index in [9.17, 15) is 0 Å². The van der Waals surface area contributed by atoms with Crippen LogP contribution in [0.15, 0.2) is 255 Å². The van der Waals surface area contributed by atoms with Gasteiger partial charge >= 0.3 is 0 Å². The Balaban J connectivity index is 0.894. The molecule has 0 aliphatic heterocycles. The minimum absolute atomic E-state index is 1.10. The van der Waals surface area contributed by atoms with Crippen molar-refractivity contribution in [3.05, 3.63) is 277 Å². The highest BCUT2D eigenvalue weighted by atomic mass is 15.1. The number of anilines is 3. The molecule has 0 bridgehead atoms. The summed E-state index contributed by atoms with van der Waals surface area (Å²) in [6.45, 7) is 0. The van der Waals surface area contributed by atoms with Gasteiger partial charge < -0.3 is 9.47 Å². The Kier molecular flexibility index (Phi) is 8.62. The fraction of sp³-hybridized carbons (Fsp3) is 0. The Hall–Kier alpha value is -8.98. The molecule has 0 saturated carbocycles. The highest BCUT2D eigenvalue weighted by Gasteiger charge is 2.33. The molecule has 0 N–H and O–H groups in total. The highest BCUT2D eigenvalue weighted by molar-refractivity contribution is 6.19. The second kappa shape index (κ2) is 15.3. The van der Waals surface area contributed by atoms with Gasteiger partial charge in [0.2, 0.25) is 0 Å². The summed E-state index contributed by atoms with van der Waals surface area (Å²) in [6.07, 6.45) is 0. The number of aromatic nitrogens is 1. The van der Waals surface area contributed by atoms with Gasteiger partial charge in [-0.3, -0.25) is 0 Å². The van der Waals surface area contributed by atoms with E-state index in [1.807, 2.05) is 0 Å². The molecule has 0 amide bonds. The van der Waals surface area contributed by atoms with Crippen LogP contribution in [0, 0.1) is 0 Å². The third-order valence-corrected chi connectivity index (χ3v) is 14.3. The van der Waals surface area contributed by atoms with Crippen LogP contribution < -0.4 is 4.90 Å². The number of hydrogen-bond acceptors (Lipinski definition) is 1. The summed E-state index contributed by atoms with van der Waals surface area (Å²) < 4.78 is 2.40. The van der Waals surface area contributed by atoms with E-state index in [1.54, 1.807) is 0 Å². The second-order valence-corrected chi connectivity index (χ2v) is 18.0. The SMILES string of the molecule is c1ccc(-c2ccc(-n3c4ccccc4c4cc(-c5ccc(N(c6ccc7c(c6)C(=C6c8ccccc8-c8ccccc86)c6ccccc6-7)c6ccc7ccccc7c6)cc5)ccc43)cc2)cc1. The summed E-state index contributed by atoms with van der Waals surface area (Å²) in [5.41, 5.74) is 24.5. The summed E-state index contributed by atoms with van der Waals surface area (Å²) in [5.74, 6) is 0. The van der Waals surface area contributed by atoms with Gasteiger partial charge in [0.15, 0.2) is 0 Å². The summed E-state index contributed by atoms with van der Waals surface area (Å²) in [7, 11) is 0. The van der Waals surface area contributed by atoms with Crippen molar-refractivity contribution in [3.63, 3.8) is 0 Å². The van der Waals surface area contributed by atoms with Crippen LogP contribution in [0.1, 0.15) is 22.3 Å². The zero-order valence-electron chi connectivity index (χ0n) is 37.1. The summed E-state index contributed by atoms with van der Waals surface area (Å²) in [4.78, 5) is 2.43. The first-order valence-corrected chi connectivity index (χ1v) is 23.5. The molecule has 316 valence electrons. The van der Waals surface area contributed by atoms with Gasteiger partial charge in [-0.2, -0.15) is 0 Å².